The predicted molar refractivity (Wildman–Crippen MR) is 72.3 cm³/mol. The van der Waals surface area contributed by atoms with Crippen LogP contribution in [0.25, 0.3) is 0 Å². The van der Waals surface area contributed by atoms with Crippen LogP contribution in [-0.2, 0) is 0 Å². The SMILES string of the molecule is CCC(NC)c1nnc(C2C(C)(C)C2(C)C)s1. The Morgan fingerprint density at radius 1 is 1.24 bits per heavy atom. The van der Waals surface area contributed by atoms with Gasteiger partial charge in [0.1, 0.15) is 10.0 Å². The average molecular weight is 253 g/mol. The zero-order valence-electron chi connectivity index (χ0n) is 11.7. The predicted octanol–water partition coefficient (Wildman–Crippen LogP) is 3.36. The normalized spacial score (nSPS) is 23.6. The Balaban J connectivity index is 2.21. The summed E-state index contributed by atoms with van der Waals surface area (Å²) in [7, 11) is 1.99. The molecule has 17 heavy (non-hydrogen) atoms. The summed E-state index contributed by atoms with van der Waals surface area (Å²) in [4.78, 5) is 0. The van der Waals surface area contributed by atoms with Gasteiger partial charge in [-0.15, -0.1) is 10.2 Å². The first-order chi connectivity index (χ1) is 7.86. The summed E-state index contributed by atoms with van der Waals surface area (Å²) >= 11 is 1.78. The van der Waals surface area contributed by atoms with Gasteiger partial charge >= 0.3 is 0 Å². The highest BCUT2D eigenvalue weighted by Crippen LogP contribution is 2.73. The molecule has 0 amide bonds. The van der Waals surface area contributed by atoms with E-state index >= 15 is 0 Å². The highest BCUT2D eigenvalue weighted by molar-refractivity contribution is 7.11. The van der Waals surface area contributed by atoms with Crippen molar-refractivity contribution in [1.29, 1.82) is 0 Å². The molecule has 1 heterocycles. The fraction of sp³-hybridized carbons (Fsp3) is 0.846. The summed E-state index contributed by atoms with van der Waals surface area (Å²) in [6.45, 7) is 11.5. The standard InChI is InChI=1S/C13H23N3S/c1-7-8(14-6)10-15-16-11(17-10)9-12(2,3)13(9,4)5/h8-9,14H,7H2,1-6H3. The van der Waals surface area contributed by atoms with Gasteiger partial charge in [0.2, 0.25) is 0 Å². The Hall–Kier alpha value is -0.480. The van der Waals surface area contributed by atoms with Crippen molar-refractivity contribution < 1.29 is 0 Å². The van der Waals surface area contributed by atoms with Gasteiger partial charge < -0.3 is 5.32 Å². The molecule has 1 aromatic rings. The lowest BCUT2D eigenvalue weighted by Gasteiger charge is -2.08. The number of hydrogen-bond acceptors (Lipinski definition) is 4. The zero-order valence-corrected chi connectivity index (χ0v) is 12.5. The molecule has 1 aliphatic carbocycles. The van der Waals surface area contributed by atoms with Gasteiger partial charge in [-0.2, -0.15) is 0 Å². The molecule has 1 fully saturated rings. The van der Waals surface area contributed by atoms with Crippen molar-refractivity contribution in [3.8, 4) is 0 Å². The maximum Gasteiger partial charge on any atom is 0.134 e. The molecule has 0 aliphatic heterocycles. The molecular weight excluding hydrogens is 230 g/mol. The molecule has 0 spiro atoms. The summed E-state index contributed by atoms with van der Waals surface area (Å²) in [5, 5.41) is 14.4. The molecule has 4 heteroatoms. The van der Waals surface area contributed by atoms with Crippen molar-refractivity contribution in [2.45, 2.75) is 53.0 Å². The number of rotatable bonds is 4. The molecule has 1 aliphatic rings. The molecule has 2 rings (SSSR count). The fourth-order valence-electron chi connectivity index (χ4n) is 2.82. The van der Waals surface area contributed by atoms with Crippen LogP contribution in [0.4, 0.5) is 0 Å². The topological polar surface area (TPSA) is 37.8 Å². The molecule has 0 saturated heterocycles. The van der Waals surface area contributed by atoms with Crippen molar-refractivity contribution in [1.82, 2.24) is 15.5 Å². The number of aromatic nitrogens is 2. The van der Waals surface area contributed by atoms with E-state index < -0.39 is 0 Å². The van der Waals surface area contributed by atoms with Gasteiger partial charge in [0, 0.05) is 5.92 Å². The molecule has 1 saturated carbocycles. The van der Waals surface area contributed by atoms with Crippen molar-refractivity contribution in [3.05, 3.63) is 10.0 Å². The Labute approximate surface area is 108 Å². The lowest BCUT2D eigenvalue weighted by atomic mass is 10.0. The zero-order chi connectivity index (χ0) is 12.8. The molecule has 0 bridgehead atoms. The van der Waals surface area contributed by atoms with E-state index in [-0.39, 0.29) is 0 Å². The van der Waals surface area contributed by atoms with E-state index in [9.17, 15) is 0 Å². The minimum atomic E-state index is 0.352. The van der Waals surface area contributed by atoms with Gasteiger partial charge in [0.05, 0.1) is 6.04 Å². The summed E-state index contributed by atoms with van der Waals surface area (Å²) in [6, 6.07) is 0.353. The van der Waals surface area contributed by atoms with E-state index in [1.807, 2.05) is 7.05 Å². The van der Waals surface area contributed by atoms with Crippen LogP contribution in [0.1, 0.15) is 63.0 Å². The molecule has 96 valence electrons. The smallest absolute Gasteiger partial charge is 0.134 e. The van der Waals surface area contributed by atoms with Gasteiger partial charge in [-0.25, -0.2) is 0 Å². The Kier molecular flexibility index (Phi) is 3.07. The van der Waals surface area contributed by atoms with Crippen LogP contribution >= 0.6 is 11.3 Å². The first kappa shape index (κ1) is 13.0. The lowest BCUT2D eigenvalue weighted by molar-refractivity contribution is 0.457. The minimum absolute atomic E-state index is 0.352. The Morgan fingerprint density at radius 3 is 2.24 bits per heavy atom. The van der Waals surface area contributed by atoms with E-state index in [4.69, 9.17) is 0 Å². The van der Waals surface area contributed by atoms with Gasteiger partial charge in [0.25, 0.3) is 0 Å². The number of hydrogen-bond donors (Lipinski definition) is 1. The van der Waals surface area contributed by atoms with E-state index in [0.29, 0.717) is 22.8 Å². The van der Waals surface area contributed by atoms with Crippen molar-refractivity contribution in [2.75, 3.05) is 7.05 Å². The van der Waals surface area contributed by atoms with E-state index in [1.165, 1.54) is 5.01 Å². The molecule has 1 unspecified atom stereocenters. The molecule has 0 radical (unpaired) electrons. The van der Waals surface area contributed by atoms with E-state index in [0.717, 1.165) is 11.4 Å². The molecular formula is C13H23N3S. The van der Waals surface area contributed by atoms with Crippen LogP contribution in [0.2, 0.25) is 0 Å². The second-order valence-electron chi connectivity index (χ2n) is 6.10. The first-order valence-corrected chi connectivity index (χ1v) is 7.18. The van der Waals surface area contributed by atoms with Crippen molar-refractivity contribution >= 4 is 11.3 Å². The van der Waals surface area contributed by atoms with Crippen LogP contribution in [0.5, 0.6) is 0 Å². The average Bonchev–Trinajstić information content (AvgIpc) is 2.60. The number of nitrogens with zero attached hydrogens (tertiary/aromatic N) is 2. The van der Waals surface area contributed by atoms with Crippen LogP contribution < -0.4 is 5.32 Å². The summed E-state index contributed by atoms with van der Waals surface area (Å²) in [6.07, 6.45) is 1.06. The molecule has 0 aromatic carbocycles. The quantitative estimate of drug-likeness (QED) is 0.894. The number of nitrogens with one attached hydrogen (secondary N) is 1. The summed E-state index contributed by atoms with van der Waals surface area (Å²) in [5.74, 6) is 0.565. The Bertz CT molecular complexity index is 391. The molecule has 1 N–H and O–H groups in total. The van der Waals surface area contributed by atoms with Crippen LogP contribution in [-0.4, -0.2) is 17.2 Å². The van der Waals surface area contributed by atoms with Crippen LogP contribution in [0.15, 0.2) is 0 Å². The van der Waals surface area contributed by atoms with E-state index in [1.54, 1.807) is 11.3 Å². The molecule has 3 nitrogen and oxygen atoms in total. The van der Waals surface area contributed by atoms with Crippen molar-refractivity contribution in [2.24, 2.45) is 10.8 Å². The van der Waals surface area contributed by atoms with Crippen LogP contribution in [0.3, 0.4) is 0 Å². The van der Waals surface area contributed by atoms with E-state index in [2.05, 4.69) is 50.1 Å². The first-order valence-electron chi connectivity index (χ1n) is 6.36. The van der Waals surface area contributed by atoms with Gasteiger partial charge in [-0.1, -0.05) is 46.0 Å². The Morgan fingerprint density at radius 2 is 1.82 bits per heavy atom. The third-order valence-electron chi connectivity index (χ3n) is 4.78. The van der Waals surface area contributed by atoms with Crippen LogP contribution in [0, 0.1) is 10.8 Å². The van der Waals surface area contributed by atoms with Gasteiger partial charge in [0.15, 0.2) is 0 Å². The van der Waals surface area contributed by atoms with Gasteiger partial charge in [-0.05, 0) is 24.3 Å². The minimum Gasteiger partial charge on any atom is -0.311 e. The largest absolute Gasteiger partial charge is 0.311 e. The second kappa shape index (κ2) is 4.02. The molecule has 1 aromatic heterocycles. The van der Waals surface area contributed by atoms with Crippen molar-refractivity contribution in [3.63, 3.8) is 0 Å². The summed E-state index contributed by atoms with van der Waals surface area (Å²) in [5.41, 5.74) is 0.705. The lowest BCUT2D eigenvalue weighted by Crippen LogP contribution is -2.14. The highest BCUT2D eigenvalue weighted by Gasteiger charge is 2.66. The van der Waals surface area contributed by atoms with Gasteiger partial charge in [-0.3, -0.25) is 0 Å². The third-order valence-corrected chi connectivity index (χ3v) is 5.88. The third kappa shape index (κ3) is 1.82. The maximum atomic E-state index is 4.41. The second-order valence-corrected chi connectivity index (χ2v) is 7.15. The fourth-order valence-corrected chi connectivity index (χ4v) is 4.33. The summed E-state index contributed by atoms with van der Waals surface area (Å²) < 4.78 is 0. The molecule has 1 atom stereocenters. The monoisotopic (exact) mass is 253 g/mol. The highest BCUT2D eigenvalue weighted by atomic mass is 32.1. The maximum absolute atomic E-state index is 4.41.